The summed E-state index contributed by atoms with van der Waals surface area (Å²) in [6.07, 6.45) is -2.47. The van der Waals surface area contributed by atoms with E-state index in [0.717, 1.165) is 30.5 Å². The quantitative estimate of drug-likeness (QED) is 0.134. The van der Waals surface area contributed by atoms with Crippen molar-refractivity contribution in [3.05, 3.63) is 106 Å². The van der Waals surface area contributed by atoms with Crippen LogP contribution >= 0.6 is 0 Å². The van der Waals surface area contributed by atoms with Gasteiger partial charge in [0.05, 0.1) is 6.61 Å². The highest BCUT2D eigenvalue weighted by atomic mass is 19.4. The van der Waals surface area contributed by atoms with Crippen molar-refractivity contribution in [3.8, 4) is 11.5 Å². The van der Waals surface area contributed by atoms with Crippen LogP contribution in [0.2, 0.25) is 0 Å². The summed E-state index contributed by atoms with van der Waals surface area (Å²) in [6, 6.07) is 13.9. The summed E-state index contributed by atoms with van der Waals surface area (Å²) < 4.78 is 104. The molecular formula is C31H27F7O2. The zero-order valence-electron chi connectivity index (χ0n) is 21.7. The van der Waals surface area contributed by atoms with Crippen LogP contribution in [-0.2, 0) is 25.7 Å². The van der Waals surface area contributed by atoms with E-state index in [2.05, 4.69) is 4.74 Å². The van der Waals surface area contributed by atoms with Crippen LogP contribution in [-0.4, -0.2) is 13.0 Å². The summed E-state index contributed by atoms with van der Waals surface area (Å²) in [5.41, 5.74) is 1.49. The van der Waals surface area contributed by atoms with Crippen LogP contribution in [0.5, 0.6) is 11.5 Å². The Morgan fingerprint density at radius 1 is 0.700 bits per heavy atom. The lowest BCUT2D eigenvalue weighted by Crippen LogP contribution is -2.18. The predicted octanol–water partition coefficient (Wildman–Crippen LogP) is 9.04. The van der Waals surface area contributed by atoms with Crippen molar-refractivity contribution in [2.24, 2.45) is 0 Å². The van der Waals surface area contributed by atoms with Crippen molar-refractivity contribution in [1.82, 2.24) is 0 Å². The molecule has 0 unspecified atom stereocenters. The highest BCUT2D eigenvalue weighted by Gasteiger charge is 2.32. The first-order chi connectivity index (χ1) is 19.0. The standard InChI is InChI=1S/C31H27F7O2/c1-2-3-14-39-23-17-26(32)25(27(33)18-23)12-6-19-5-11-24-22(15-19)10-9-21(30(24)35)8-4-20-7-13-29(28(34)16-20)40-31(36,37)38/h5,7,9-11,13,15-18H,2-4,6,8,12,14H2,1H3. The molecule has 0 saturated heterocycles. The SMILES string of the molecule is CCCCOc1cc(F)c(CCc2ccc3c(F)c(CCc4ccc(OC(F)(F)F)c(F)c4)ccc3c2)c(F)c1. The molecule has 0 saturated carbocycles. The second-order valence-corrected chi connectivity index (χ2v) is 9.47. The molecule has 2 nitrogen and oxygen atoms in total. The van der Waals surface area contributed by atoms with Gasteiger partial charge < -0.3 is 9.47 Å². The lowest BCUT2D eigenvalue weighted by atomic mass is 9.97. The van der Waals surface area contributed by atoms with Gasteiger partial charge in [-0.3, -0.25) is 0 Å². The Bertz CT molecular complexity index is 1460. The molecule has 40 heavy (non-hydrogen) atoms. The van der Waals surface area contributed by atoms with Crippen molar-refractivity contribution >= 4 is 10.8 Å². The second kappa shape index (κ2) is 12.6. The summed E-state index contributed by atoms with van der Waals surface area (Å²) >= 11 is 0. The van der Waals surface area contributed by atoms with Gasteiger partial charge in [0.2, 0.25) is 0 Å². The number of halogens is 7. The molecule has 212 valence electrons. The topological polar surface area (TPSA) is 18.5 Å². The molecule has 4 aromatic carbocycles. The van der Waals surface area contributed by atoms with Gasteiger partial charge >= 0.3 is 6.36 Å². The van der Waals surface area contributed by atoms with Gasteiger partial charge in [0.15, 0.2) is 11.6 Å². The normalized spacial score (nSPS) is 11.7. The molecule has 9 heteroatoms. The van der Waals surface area contributed by atoms with E-state index in [-0.39, 0.29) is 30.6 Å². The minimum Gasteiger partial charge on any atom is -0.493 e. The third-order valence-corrected chi connectivity index (χ3v) is 6.55. The largest absolute Gasteiger partial charge is 0.573 e. The van der Waals surface area contributed by atoms with E-state index < -0.39 is 35.4 Å². The van der Waals surface area contributed by atoms with E-state index in [1.807, 2.05) is 6.92 Å². The van der Waals surface area contributed by atoms with Crippen LogP contribution in [0.3, 0.4) is 0 Å². The van der Waals surface area contributed by atoms with Gasteiger partial charge in [-0.2, -0.15) is 0 Å². The van der Waals surface area contributed by atoms with Crippen LogP contribution in [0, 0.1) is 23.3 Å². The molecule has 4 rings (SSSR count). The highest BCUT2D eigenvalue weighted by molar-refractivity contribution is 5.84. The number of alkyl halides is 3. The molecule has 0 aliphatic heterocycles. The van der Waals surface area contributed by atoms with Gasteiger partial charge in [0.25, 0.3) is 0 Å². The first-order valence-electron chi connectivity index (χ1n) is 12.9. The second-order valence-electron chi connectivity index (χ2n) is 9.47. The van der Waals surface area contributed by atoms with Gasteiger partial charge in [-0.05, 0) is 66.3 Å². The van der Waals surface area contributed by atoms with Gasteiger partial charge in [0, 0.05) is 23.1 Å². The molecule has 0 amide bonds. The molecule has 0 aliphatic rings. The van der Waals surface area contributed by atoms with Crippen LogP contribution in [0.1, 0.15) is 42.0 Å². The fourth-order valence-corrected chi connectivity index (χ4v) is 4.43. The van der Waals surface area contributed by atoms with Crippen molar-refractivity contribution in [2.45, 2.75) is 51.8 Å². The first kappa shape index (κ1) is 29.2. The fourth-order valence-electron chi connectivity index (χ4n) is 4.43. The Balaban J connectivity index is 1.41. The number of benzene rings is 4. The Morgan fingerprint density at radius 3 is 2.05 bits per heavy atom. The minimum absolute atomic E-state index is 0.0427. The Kier molecular flexibility index (Phi) is 9.22. The highest BCUT2D eigenvalue weighted by Crippen LogP contribution is 2.28. The Morgan fingerprint density at radius 2 is 1.38 bits per heavy atom. The summed E-state index contributed by atoms with van der Waals surface area (Å²) in [6.45, 7) is 2.37. The lowest BCUT2D eigenvalue weighted by molar-refractivity contribution is -0.275. The molecule has 0 atom stereocenters. The van der Waals surface area contributed by atoms with Gasteiger partial charge in [-0.15, -0.1) is 13.2 Å². The van der Waals surface area contributed by atoms with E-state index >= 15 is 4.39 Å². The number of unbranched alkanes of at least 4 members (excludes halogenated alkanes) is 1. The Hall–Kier alpha value is -3.75. The molecule has 0 aliphatic carbocycles. The zero-order valence-corrected chi connectivity index (χ0v) is 21.7. The summed E-state index contributed by atoms with van der Waals surface area (Å²) in [4.78, 5) is 0. The Labute approximate surface area is 227 Å². The molecule has 0 N–H and O–H groups in total. The van der Waals surface area contributed by atoms with Gasteiger partial charge in [-0.25, -0.2) is 17.6 Å². The number of hydrogen-bond donors (Lipinski definition) is 0. The third-order valence-electron chi connectivity index (χ3n) is 6.55. The number of aryl methyl sites for hydroxylation is 3. The van der Waals surface area contributed by atoms with Gasteiger partial charge in [0.1, 0.15) is 23.2 Å². The van der Waals surface area contributed by atoms with Gasteiger partial charge in [-0.1, -0.05) is 49.7 Å². The number of fused-ring (bicyclic) bond motifs is 1. The molecule has 0 heterocycles. The molecule has 0 fully saturated rings. The maximum Gasteiger partial charge on any atom is 0.573 e. The fraction of sp³-hybridized carbons (Fsp3) is 0.290. The predicted molar refractivity (Wildman–Crippen MR) is 139 cm³/mol. The van der Waals surface area contributed by atoms with E-state index in [4.69, 9.17) is 4.74 Å². The summed E-state index contributed by atoms with van der Waals surface area (Å²) in [7, 11) is 0. The number of hydrogen-bond acceptors (Lipinski definition) is 2. The van der Waals surface area contributed by atoms with Crippen molar-refractivity contribution in [2.75, 3.05) is 6.61 Å². The monoisotopic (exact) mass is 564 g/mol. The average molecular weight is 565 g/mol. The van der Waals surface area contributed by atoms with Crippen LogP contribution in [0.25, 0.3) is 10.8 Å². The van der Waals surface area contributed by atoms with Crippen LogP contribution in [0.4, 0.5) is 30.7 Å². The summed E-state index contributed by atoms with van der Waals surface area (Å²) in [5, 5.41) is 0.964. The summed E-state index contributed by atoms with van der Waals surface area (Å²) in [5.74, 6) is -3.74. The molecule has 4 aromatic rings. The smallest absolute Gasteiger partial charge is 0.493 e. The molecular weight excluding hydrogens is 537 g/mol. The van der Waals surface area contributed by atoms with Crippen LogP contribution in [0.15, 0.2) is 60.7 Å². The van der Waals surface area contributed by atoms with Crippen LogP contribution < -0.4 is 9.47 Å². The maximum absolute atomic E-state index is 15.2. The van der Waals surface area contributed by atoms with Crippen molar-refractivity contribution in [1.29, 1.82) is 0 Å². The number of rotatable bonds is 11. The van der Waals surface area contributed by atoms with Crippen molar-refractivity contribution in [3.63, 3.8) is 0 Å². The lowest BCUT2D eigenvalue weighted by Gasteiger charge is -2.12. The van der Waals surface area contributed by atoms with E-state index in [1.165, 1.54) is 18.2 Å². The van der Waals surface area contributed by atoms with E-state index in [0.29, 0.717) is 34.9 Å². The van der Waals surface area contributed by atoms with E-state index in [1.54, 1.807) is 30.3 Å². The average Bonchev–Trinajstić information content (AvgIpc) is 2.89. The molecule has 0 radical (unpaired) electrons. The minimum atomic E-state index is -5.00. The zero-order chi connectivity index (χ0) is 28.9. The number of ether oxygens (including phenoxy) is 2. The molecule has 0 aromatic heterocycles. The maximum atomic E-state index is 15.2. The molecule has 0 spiro atoms. The first-order valence-corrected chi connectivity index (χ1v) is 12.9. The van der Waals surface area contributed by atoms with Crippen molar-refractivity contribution < 1.29 is 40.2 Å². The molecule has 0 bridgehead atoms. The third kappa shape index (κ3) is 7.46. The van der Waals surface area contributed by atoms with E-state index in [9.17, 15) is 26.3 Å².